The molecule has 1 aromatic carbocycles. The fraction of sp³-hybridized carbons (Fsp3) is 0.435. The number of ether oxygens (including phenoxy) is 1. The summed E-state index contributed by atoms with van der Waals surface area (Å²) in [6, 6.07) is 9.38. The molecule has 7 nitrogen and oxygen atoms in total. The number of carbonyl (C=O) groups is 1. The molecule has 30 heavy (non-hydrogen) atoms. The van der Waals surface area contributed by atoms with Crippen molar-refractivity contribution in [2.45, 2.75) is 51.5 Å². The number of carbonyl (C=O) groups excluding carboxylic acids is 1. The van der Waals surface area contributed by atoms with Gasteiger partial charge >= 0.3 is 0 Å². The molecule has 1 atom stereocenters. The Labute approximate surface area is 176 Å². The smallest absolute Gasteiger partial charge is 0.293 e. The number of piperidine rings is 1. The van der Waals surface area contributed by atoms with E-state index in [9.17, 15) is 4.79 Å². The number of oxazole rings is 1. The van der Waals surface area contributed by atoms with Crippen molar-refractivity contribution >= 4 is 5.91 Å². The van der Waals surface area contributed by atoms with Crippen molar-refractivity contribution in [1.29, 1.82) is 0 Å². The van der Waals surface area contributed by atoms with Crippen LogP contribution in [0, 0.1) is 0 Å². The van der Waals surface area contributed by atoms with Gasteiger partial charge in [0.25, 0.3) is 5.91 Å². The van der Waals surface area contributed by atoms with Crippen LogP contribution in [0.25, 0.3) is 0 Å². The van der Waals surface area contributed by atoms with Crippen LogP contribution in [-0.4, -0.2) is 34.6 Å². The minimum Gasteiger partial charge on any atom is -0.496 e. The number of rotatable bonds is 6. The van der Waals surface area contributed by atoms with Gasteiger partial charge in [-0.3, -0.25) is 4.79 Å². The van der Waals surface area contributed by atoms with E-state index in [-0.39, 0.29) is 23.6 Å². The molecule has 0 unspecified atom stereocenters. The second kappa shape index (κ2) is 8.73. The van der Waals surface area contributed by atoms with Crippen LogP contribution in [0.4, 0.5) is 0 Å². The Morgan fingerprint density at radius 3 is 2.90 bits per heavy atom. The SMILES string of the molecule is COc1ccccc1Cc1cnc([C@@H]2CCCCN2C(=O)c2cc(C(C)C)no2)o1. The summed E-state index contributed by atoms with van der Waals surface area (Å²) in [4.78, 5) is 19.4. The Morgan fingerprint density at radius 2 is 2.13 bits per heavy atom. The third-order valence-corrected chi connectivity index (χ3v) is 5.51. The van der Waals surface area contributed by atoms with Crippen molar-refractivity contribution in [3.63, 3.8) is 0 Å². The van der Waals surface area contributed by atoms with E-state index in [1.54, 1.807) is 24.3 Å². The number of likely N-dealkylation sites (tertiary alicyclic amines) is 1. The van der Waals surface area contributed by atoms with Crippen LogP contribution in [-0.2, 0) is 6.42 Å². The van der Waals surface area contributed by atoms with Gasteiger partial charge in [-0.05, 0) is 31.2 Å². The van der Waals surface area contributed by atoms with Crippen LogP contribution in [0.5, 0.6) is 5.75 Å². The first-order valence-electron chi connectivity index (χ1n) is 10.4. The predicted octanol–water partition coefficient (Wildman–Crippen LogP) is 4.75. The molecule has 4 rings (SSSR count). The lowest BCUT2D eigenvalue weighted by molar-refractivity contribution is 0.0528. The molecule has 3 aromatic rings. The summed E-state index contributed by atoms with van der Waals surface area (Å²) in [7, 11) is 1.66. The zero-order chi connectivity index (χ0) is 21.1. The third-order valence-electron chi connectivity index (χ3n) is 5.51. The van der Waals surface area contributed by atoms with E-state index in [4.69, 9.17) is 13.7 Å². The van der Waals surface area contributed by atoms with Crippen LogP contribution in [0.3, 0.4) is 0 Å². The highest BCUT2D eigenvalue weighted by Gasteiger charge is 2.34. The molecule has 0 spiro atoms. The standard InChI is InChI=1S/C23H27N3O4/c1-15(2)18-13-21(30-25-18)23(27)26-11-7-6-9-19(26)22-24-14-17(29-22)12-16-8-4-5-10-20(16)28-3/h4-5,8,10,13-15,19H,6-7,9,11-12H2,1-3H3/t19-/m0/s1. The van der Waals surface area contributed by atoms with Crippen molar-refractivity contribution in [2.24, 2.45) is 0 Å². The van der Waals surface area contributed by atoms with Crippen LogP contribution in [0.2, 0.25) is 0 Å². The lowest BCUT2D eigenvalue weighted by Crippen LogP contribution is -2.38. The lowest BCUT2D eigenvalue weighted by Gasteiger charge is -2.32. The molecule has 0 N–H and O–H groups in total. The molecule has 1 aliphatic heterocycles. The first-order valence-corrected chi connectivity index (χ1v) is 10.4. The number of hydrogen-bond donors (Lipinski definition) is 0. The molecular formula is C23H27N3O4. The number of benzene rings is 1. The van der Waals surface area contributed by atoms with Gasteiger partial charge in [0.2, 0.25) is 11.7 Å². The van der Waals surface area contributed by atoms with Gasteiger partial charge in [0.15, 0.2) is 0 Å². The molecule has 0 radical (unpaired) electrons. The van der Waals surface area contributed by atoms with Crippen molar-refractivity contribution in [1.82, 2.24) is 15.0 Å². The van der Waals surface area contributed by atoms with E-state index in [0.29, 0.717) is 18.9 Å². The Balaban J connectivity index is 1.53. The molecule has 7 heteroatoms. The molecule has 3 heterocycles. The van der Waals surface area contributed by atoms with Gasteiger partial charge in [-0.15, -0.1) is 0 Å². The second-order valence-corrected chi connectivity index (χ2v) is 7.93. The zero-order valence-corrected chi connectivity index (χ0v) is 17.6. The van der Waals surface area contributed by atoms with Crippen molar-refractivity contribution in [3.05, 3.63) is 65.2 Å². The largest absolute Gasteiger partial charge is 0.496 e. The molecule has 2 aromatic heterocycles. The van der Waals surface area contributed by atoms with E-state index in [1.807, 2.05) is 38.1 Å². The van der Waals surface area contributed by atoms with Crippen LogP contribution < -0.4 is 4.74 Å². The van der Waals surface area contributed by atoms with Crippen LogP contribution >= 0.6 is 0 Å². The van der Waals surface area contributed by atoms with Crippen LogP contribution in [0.15, 0.2) is 45.5 Å². The number of nitrogens with zero attached hydrogens (tertiary/aromatic N) is 3. The second-order valence-electron chi connectivity index (χ2n) is 7.93. The molecule has 1 aliphatic rings. The number of para-hydroxylation sites is 1. The van der Waals surface area contributed by atoms with E-state index in [2.05, 4.69) is 10.1 Å². The molecule has 158 valence electrons. The summed E-state index contributed by atoms with van der Waals surface area (Å²) in [5.41, 5.74) is 1.81. The average molecular weight is 409 g/mol. The number of aromatic nitrogens is 2. The lowest BCUT2D eigenvalue weighted by atomic mass is 10.0. The van der Waals surface area contributed by atoms with Gasteiger partial charge < -0.3 is 18.6 Å². The monoisotopic (exact) mass is 409 g/mol. The molecule has 0 aliphatic carbocycles. The molecule has 0 bridgehead atoms. The van der Waals surface area contributed by atoms with Crippen molar-refractivity contribution in [2.75, 3.05) is 13.7 Å². The van der Waals surface area contributed by atoms with Gasteiger partial charge in [-0.1, -0.05) is 37.2 Å². The Hall–Kier alpha value is -3.09. The van der Waals surface area contributed by atoms with Crippen molar-refractivity contribution < 1.29 is 18.5 Å². The number of hydrogen-bond acceptors (Lipinski definition) is 6. The highest BCUT2D eigenvalue weighted by atomic mass is 16.5. The van der Waals surface area contributed by atoms with E-state index >= 15 is 0 Å². The Kier molecular flexibility index (Phi) is 5.88. The summed E-state index contributed by atoms with van der Waals surface area (Å²) in [6.07, 6.45) is 5.10. The molecule has 1 saturated heterocycles. The maximum absolute atomic E-state index is 13.1. The highest BCUT2D eigenvalue weighted by Crippen LogP contribution is 2.33. The summed E-state index contributed by atoms with van der Waals surface area (Å²) in [5, 5.41) is 4.02. The van der Waals surface area contributed by atoms with E-state index in [0.717, 1.165) is 42.0 Å². The zero-order valence-electron chi connectivity index (χ0n) is 17.6. The van der Waals surface area contributed by atoms with Crippen molar-refractivity contribution in [3.8, 4) is 5.75 Å². The van der Waals surface area contributed by atoms with Gasteiger partial charge in [-0.25, -0.2) is 4.98 Å². The Bertz CT molecular complexity index is 1010. The molecular weight excluding hydrogens is 382 g/mol. The predicted molar refractivity (Wildman–Crippen MR) is 111 cm³/mol. The minimum absolute atomic E-state index is 0.163. The van der Waals surface area contributed by atoms with Gasteiger partial charge in [-0.2, -0.15) is 0 Å². The normalized spacial score (nSPS) is 16.8. The molecule has 1 amide bonds. The summed E-state index contributed by atoms with van der Waals surface area (Å²) in [6.45, 7) is 4.68. The topological polar surface area (TPSA) is 81.6 Å². The van der Waals surface area contributed by atoms with E-state index < -0.39 is 0 Å². The quantitative estimate of drug-likeness (QED) is 0.584. The average Bonchev–Trinajstić information content (AvgIpc) is 3.44. The number of amides is 1. The number of methoxy groups -OCH3 is 1. The summed E-state index contributed by atoms with van der Waals surface area (Å²) in [5.74, 6) is 2.44. The Morgan fingerprint density at radius 1 is 1.30 bits per heavy atom. The van der Waals surface area contributed by atoms with Gasteiger partial charge in [0.1, 0.15) is 17.6 Å². The van der Waals surface area contributed by atoms with Gasteiger partial charge in [0, 0.05) is 24.6 Å². The highest BCUT2D eigenvalue weighted by molar-refractivity contribution is 5.91. The maximum Gasteiger partial charge on any atom is 0.293 e. The molecule has 0 saturated carbocycles. The van der Waals surface area contributed by atoms with Gasteiger partial charge in [0.05, 0.1) is 19.0 Å². The van der Waals surface area contributed by atoms with E-state index in [1.165, 1.54) is 0 Å². The fourth-order valence-corrected chi connectivity index (χ4v) is 3.83. The first-order chi connectivity index (χ1) is 14.6. The maximum atomic E-state index is 13.1. The fourth-order valence-electron chi connectivity index (χ4n) is 3.83. The summed E-state index contributed by atoms with van der Waals surface area (Å²) < 4.78 is 16.8. The minimum atomic E-state index is -0.203. The third kappa shape index (κ3) is 4.10. The van der Waals surface area contributed by atoms with Crippen LogP contribution in [0.1, 0.15) is 78.5 Å². The first kappa shape index (κ1) is 20.2. The molecule has 1 fully saturated rings. The summed E-state index contributed by atoms with van der Waals surface area (Å²) >= 11 is 0.